The lowest BCUT2D eigenvalue weighted by atomic mass is 9.78. The Bertz CT molecular complexity index is 5230. The SMILES string of the molecule is CC1(C)c2ccccc2-c2cc3c(cc21)-c1cc(N(c2ccc(-c4ccccc4)cc2)c2ccc(-c4cccc5c4oc4ccccc45)cc2)cc(N(c2ccc(-c4ccccc4)cc2)c2ccc(-c4cccc5c4oc4ccccc45)cc2)c1C3(C)C. The molecule has 0 unspecified atom stereocenters. The van der Waals surface area contributed by atoms with E-state index in [9.17, 15) is 0 Å². The average Bonchev–Trinajstić information content (AvgIpc) is 1.59. The van der Waals surface area contributed by atoms with Gasteiger partial charge >= 0.3 is 0 Å². The smallest absolute Gasteiger partial charge is 0.143 e. The zero-order valence-corrected chi connectivity index (χ0v) is 49.4. The third kappa shape index (κ3) is 8.06. The number of nitrogens with zero attached hydrogens (tertiary/aromatic N) is 2. The molecule has 2 aliphatic carbocycles. The molecule has 0 aliphatic heterocycles. The van der Waals surface area contributed by atoms with Crippen molar-refractivity contribution in [3.05, 3.63) is 313 Å². The first-order valence-corrected chi connectivity index (χ1v) is 30.5. The molecule has 88 heavy (non-hydrogen) atoms. The quantitative estimate of drug-likeness (QED) is 0.137. The van der Waals surface area contributed by atoms with E-state index in [1.54, 1.807) is 0 Å². The first-order valence-electron chi connectivity index (χ1n) is 30.5. The van der Waals surface area contributed by atoms with Gasteiger partial charge in [0, 0.05) is 71.9 Å². The van der Waals surface area contributed by atoms with Crippen LogP contribution < -0.4 is 9.80 Å². The van der Waals surface area contributed by atoms with Gasteiger partial charge in [-0.3, -0.25) is 0 Å². The number of benzene rings is 13. The lowest BCUT2D eigenvalue weighted by Crippen LogP contribution is -2.21. The molecule has 2 heterocycles. The van der Waals surface area contributed by atoms with Crippen LogP contribution in [0.25, 0.3) is 111 Å². The summed E-state index contributed by atoms with van der Waals surface area (Å²) in [5, 5.41) is 4.46. The van der Waals surface area contributed by atoms with Gasteiger partial charge in [-0.05, 0) is 163 Å². The summed E-state index contributed by atoms with van der Waals surface area (Å²) in [7, 11) is 0. The molecule has 0 bridgehead atoms. The van der Waals surface area contributed by atoms with E-state index in [0.29, 0.717) is 0 Å². The van der Waals surface area contributed by atoms with Crippen molar-refractivity contribution in [2.75, 3.05) is 9.80 Å². The molecule has 15 aromatic rings. The summed E-state index contributed by atoms with van der Waals surface area (Å²) in [6.45, 7) is 9.67. The van der Waals surface area contributed by atoms with Crippen molar-refractivity contribution in [2.24, 2.45) is 0 Å². The van der Waals surface area contributed by atoms with Crippen LogP contribution in [0.2, 0.25) is 0 Å². The van der Waals surface area contributed by atoms with E-state index in [0.717, 1.165) is 111 Å². The number of para-hydroxylation sites is 4. The summed E-state index contributed by atoms with van der Waals surface area (Å²) in [5.41, 5.74) is 28.7. The van der Waals surface area contributed by atoms with E-state index in [2.05, 4.69) is 317 Å². The Morgan fingerprint density at radius 1 is 0.250 bits per heavy atom. The summed E-state index contributed by atoms with van der Waals surface area (Å²) < 4.78 is 13.3. The van der Waals surface area contributed by atoms with E-state index in [1.807, 2.05) is 12.1 Å². The lowest BCUT2D eigenvalue weighted by Gasteiger charge is -2.34. The largest absolute Gasteiger partial charge is 0.455 e. The molecule has 4 heteroatoms. The minimum Gasteiger partial charge on any atom is -0.455 e. The summed E-state index contributed by atoms with van der Waals surface area (Å²) in [6.07, 6.45) is 0. The molecule has 0 N–H and O–H groups in total. The van der Waals surface area contributed by atoms with Crippen LogP contribution in [0.5, 0.6) is 0 Å². The maximum atomic E-state index is 6.64. The van der Waals surface area contributed by atoms with Gasteiger partial charge < -0.3 is 18.6 Å². The molecule has 0 saturated heterocycles. The van der Waals surface area contributed by atoms with Crippen molar-refractivity contribution < 1.29 is 8.83 Å². The van der Waals surface area contributed by atoms with Gasteiger partial charge in [-0.15, -0.1) is 0 Å². The number of fused-ring (bicyclic) bond motifs is 12. The van der Waals surface area contributed by atoms with Crippen molar-refractivity contribution in [2.45, 2.75) is 38.5 Å². The molecule has 13 aromatic carbocycles. The fourth-order valence-corrected chi connectivity index (χ4v) is 14.7. The second kappa shape index (κ2) is 19.8. The minimum atomic E-state index is -0.435. The average molecular weight is 1130 g/mol. The van der Waals surface area contributed by atoms with Gasteiger partial charge in [0.25, 0.3) is 0 Å². The van der Waals surface area contributed by atoms with Crippen LogP contribution in [-0.2, 0) is 10.8 Å². The summed E-state index contributed by atoms with van der Waals surface area (Å²) in [6, 6.07) is 106. The Kier molecular flexibility index (Phi) is 11.6. The molecular weight excluding hydrogens is 1070 g/mol. The summed E-state index contributed by atoms with van der Waals surface area (Å²) >= 11 is 0. The predicted molar refractivity (Wildman–Crippen MR) is 367 cm³/mol. The van der Waals surface area contributed by atoms with E-state index < -0.39 is 5.41 Å². The Hall–Kier alpha value is -10.9. The second-order valence-electron chi connectivity index (χ2n) is 24.8. The van der Waals surface area contributed by atoms with Crippen LogP contribution in [0.4, 0.5) is 34.1 Å². The second-order valence-corrected chi connectivity index (χ2v) is 24.8. The third-order valence-corrected chi connectivity index (χ3v) is 19.1. The van der Waals surface area contributed by atoms with Gasteiger partial charge in [0.05, 0.1) is 5.69 Å². The Morgan fingerprint density at radius 2 is 0.636 bits per heavy atom. The van der Waals surface area contributed by atoms with E-state index in [-0.39, 0.29) is 5.41 Å². The van der Waals surface area contributed by atoms with Gasteiger partial charge in [0.15, 0.2) is 0 Å². The van der Waals surface area contributed by atoms with Crippen LogP contribution in [0.1, 0.15) is 49.9 Å². The Balaban J connectivity index is 0.903. The van der Waals surface area contributed by atoms with Crippen molar-refractivity contribution in [1.29, 1.82) is 0 Å². The van der Waals surface area contributed by atoms with Crippen molar-refractivity contribution in [3.63, 3.8) is 0 Å². The Morgan fingerprint density at radius 3 is 1.15 bits per heavy atom. The summed E-state index contributed by atoms with van der Waals surface area (Å²) in [5.74, 6) is 0. The van der Waals surface area contributed by atoms with E-state index in [1.165, 1.54) is 55.6 Å². The maximum absolute atomic E-state index is 6.64. The van der Waals surface area contributed by atoms with Gasteiger partial charge in [0.2, 0.25) is 0 Å². The molecule has 0 fully saturated rings. The molecule has 4 nitrogen and oxygen atoms in total. The van der Waals surface area contributed by atoms with Gasteiger partial charge in [-0.2, -0.15) is 0 Å². The topological polar surface area (TPSA) is 32.8 Å². The van der Waals surface area contributed by atoms with Crippen molar-refractivity contribution in [3.8, 4) is 66.8 Å². The monoisotopic (exact) mass is 1130 g/mol. The first-order chi connectivity index (χ1) is 43.1. The van der Waals surface area contributed by atoms with Gasteiger partial charge in [0.1, 0.15) is 22.3 Å². The molecule has 2 aliphatic rings. The molecule has 0 atom stereocenters. The normalized spacial score (nSPS) is 13.4. The van der Waals surface area contributed by atoms with Crippen LogP contribution in [-0.4, -0.2) is 0 Å². The standard InChI is InChI=1S/C84H60N2O2/c1-83(2)74-30-14-11-23-66(74)71-51-76-72(52-75(71)83)73-49-63(85(59-41-33-55(34-42-59)53-19-7-5-8-20-53)60-45-37-57(38-46-60)64-26-17-28-69-67-24-12-15-31-78(67)87-81(64)69)50-77(80(73)84(76,3)4)86(61-43-35-56(36-44-61)54-21-9-6-10-22-54)62-47-39-58(40-48-62)65-27-18-29-70-68-25-13-16-32-79(68)88-82(65)70/h5-52H,1-4H3. The maximum Gasteiger partial charge on any atom is 0.143 e. The molecule has 0 radical (unpaired) electrons. The minimum absolute atomic E-state index is 0.198. The molecular formula is C84H60N2O2. The van der Waals surface area contributed by atoms with Gasteiger partial charge in [-0.25, -0.2) is 0 Å². The number of hydrogen-bond donors (Lipinski definition) is 0. The fourth-order valence-electron chi connectivity index (χ4n) is 14.7. The highest BCUT2D eigenvalue weighted by molar-refractivity contribution is 6.11. The molecule has 0 spiro atoms. The first kappa shape index (κ1) is 51.5. The Labute approximate surface area is 512 Å². The molecule has 418 valence electrons. The van der Waals surface area contributed by atoms with Crippen LogP contribution in [0.15, 0.2) is 300 Å². The van der Waals surface area contributed by atoms with E-state index >= 15 is 0 Å². The van der Waals surface area contributed by atoms with Crippen LogP contribution in [0.3, 0.4) is 0 Å². The van der Waals surface area contributed by atoms with Crippen LogP contribution in [0, 0.1) is 0 Å². The van der Waals surface area contributed by atoms with Gasteiger partial charge in [-0.1, -0.05) is 234 Å². The van der Waals surface area contributed by atoms with Crippen LogP contribution >= 0.6 is 0 Å². The number of rotatable bonds is 10. The molecule has 0 saturated carbocycles. The zero-order valence-electron chi connectivity index (χ0n) is 49.4. The predicted octanol–water partition coefficient (Wildman–Crippen LogP) is 23.7. The number of furan rings is 2. The van der Waals surface area contributed by atoms with E-state index in [4.69, 9.17) is 8.83 Å². The number of hydrogen-bond acceptors (Lipinski definition) is 4. The lowest BCUT2D eigenvalue weighted by molar-refractivity contribution is 0.652. The summed E-state index contributed by atoms with van der Waals surface area (Å²) in [4.78, 5) is 4.97. The van der Waals surface area contributed by atoms with Crippen molar-refractivity contribution >= 4 is 78.0 Å². The highest BCUT2D eigenvalue weighted by Crippen LogP contribution is 2.60. The van der Waals surface area contributed by atoms with Crippen molar-refractivity contribution in [1.82, 2.24) is 0 Å². The highest BCUT2D eigenvalue weighted by Gasteiger charge is 2.44. The highest BCUT2D eigenvalue weighted by atomic mass is 16.3. The molecule has 2 aromatic heterocycles. The third-order valence-electron chi connectivity index (χ3n) is 19.1. The molecule has 17 rings (SSSR count). The zero-order chi connectivity index (χ0) is 58.8. The fraction of sp³-hybridized carbons (Fsp3) is 0.0714. The number of anilines is 6. The molecule has 0 amide bonds.